The summed E-state index contributed by atoms with van der Waals surface area (Å²) in [7, 11) is 0. The highest BCUT2D eigenvalue weighted by Gasteiger charge is 2.25. The highest BCUT2D eigenvalue weighted by atomic mass is 16.5. The van der Waals surface area contributed by atoms with Gasteiger partial charge in [0.05, 0.1) is 0 Å². The average molecular weight is 197 g/mol. The van der Waals surface area contributed by atoms with E-state index in [1.165, 1.54) is 6.39 Å². The van der Waals surface area contributed by atoms with Gasteiger partial charge < -0.3 is 14.3 Å². The van der Waals surface area contributed by atoms with Crippen LogP contribution < -0.4 is 0 Å². The Labute approximate surface area is 80.7 Å². The molecule has 0 saturated carbocycles. The fraction of sp³-hybridized carbons (Fsp3) is 0.556. The number of hydrogen-bond donors (Lipinski definition) is 1. The zero-order valence-corrected chi connectivity index (χ0v) is 7.60. The number of carbonyl (C=O) groups is 1. The molecule has 2 rings (SSSR count). The fourth-order valence-corrected chi connectivity index (χ4v) is 1.67. The van der Waals surface area contributed by atoms with Crippen molar-refractivity contribution in [2.75, 3.05) is 13.2 Å². The maximum atomic E-state index is 10.8. The quantitative estimate of drug-likeness (QED) is 0.772. The summed E-state index contributed by atoms with van der Waals surface area (Å²) in [5.74, 6) is -0.404. The summed E-state index contributed by atoms with van der Waals surface area (Å²) < 4.78 is 10.3. The largest absolute Gasteiger partial charge is 0.476 e. The summed E-state index contributed by atoms with van der Waals surface area (Å²) in [6, 6.07) is 0. The van der Waals surface area contributed by atoms with Crippen molar-refractivity contribution in [3.05, 3.63) is 17.8 Å². The minimum atomic E-state index is -1.03. The van der Waals surface area contributed by atoms with Crippen LogP contribution in [0, 0.1) is 0 Å². The lowest BCUT2D eigenvalue weighted by Crippen LogP contribution is -2.16. The molecular formula is C9H11NO4. The summed E-state index contributed by atoms with van der Waals surface area (Å²) >= 11 is 0. The smallest absolute Gasteiger partial charge is 0.358 e. The standard InChI is InChI=1S/C9H11NO4/c11-9(12)7-8(14-5-10-7)6-1-3-13-4-2-6/h5-6H,1-4H2,(H,11,12). The van der Waals surface area contributed by atoms with Gasteiger partial charge in [-0.05, 0) is 12.8 Å². The number of carboxylic acid groups (broad SMARTS) is 1. The van der Waals surface area contributed by atoms with Gasteiger partial charge in [-0.15, -0.1) is 0 Å². The Morgan fingerprint density at radius 2 is 2.21 bits per heavy atom. The summed E-state index contributed by atoms with van der Waals surface area (Å²) in [6.07, 6.45) is 2.79. The molecule has 1 fully saturated rings. The lowest BCUT2D eigenvalue weighted by Gasteiger charge is -2.19. The summed E-state index contributed by atoms with van der Waals surface area (Å²) in [5, 5.41) is 8.83. The van der Waals surface area contributed by atoms with Gasteiger partial charge in [-0.2, -0.15) is 0 Å². The molecule has 0 unspecified atom stereocenters. The minimum Gasteiger partial charge on any atom is -0.476 e. The van der Waals surface area contributed by atoms with Gasteiger partial charge in [0.1, 0.15) is 5.76 Å². The summed E-state index contributed by atoms with van der Waals surface area (Å²) in [5.41, 5.74) is 0.0388. The van der Waals surface area contributed by atoms with Crippen molar-refractivity contribution in [2.45, 2.75) is 18.8 Å². The van der Waals surface area contributed by atoms with E-state index >= 15 is 0 Å². The van der Waals surface area contributed by atoms with Crippen molar-refractivity contribution >= 4 is 5.97 Å². The topological polar surface area (TPSA) is 72.6 Å². The van der Waals surface area contributed by atoms with Crippen molar-refractivity contribution in [3.8, 4) is 0 Å². The second kappa shape index (κ2) is 3.79. The number of oxazole rings is 1. The van der Waals surface area contributed by atoms with Gasteiger partial charge in [-0.25, -0.2) is 9.78 Å². The van der Waals surface area contributed by atoms with Crippen LogP contribution in [0.3, 0.4) is 0 Å². The first-order chi connectivity index (χ1) is 6.79. The monoisotopic (exact) mass is 197 g/mol. The number of hydrogen-bond acceptors (Lipinski definition) is 4. The number of ether oxygens (including phenoxy) is 1. The Hall–Kier alpha value is -1.36. The molecule has 1 aromatic rings. The number of rotatable bonds is 2. The molecule has 0 bridgehead atoms. The van der Waals surface area contributed by atoms with E-state index in [-0.39, 0.29) is 11.6 Å². The molecule has 0 aliphatic carbocycles. The second-order valence-corrected chi connectivity index (χ2v) is 3.26. The maximum Gasteiger partial charge on any atom is 0.358 e. The van der Waals surface area contributed by atoms with Crippen LogP contribution in [0.5, 0.6) is 0 Å². The second-order valence-electron chi connectivity index (χ2n) is 3.26. The average Bonchev–Trinajstić information content (AvgIpc) is 2.67. The van der Waals surface area contributed by atoms with Crippen LogP contribution >= 0.6 is 0 Å². The molecule has 2 heterocycles. The van der Waals surface area contributed by atoms with Crippen LogP contribution in [0.2, 0.25) is 0 Å². The molecule has 0 amide bonds. The lowest BCUT2D eigenvalue weighted by molar-refractivity contribution is 0.0670. The van der Waals surface area contributed by atoms with Gasteiger partial charge in [-0.3, -0.25) is 0 Å². The van der Waals surface area contributed by atoms with E-state index in [1.807, 2.05) is 0 Å². The Balaban J connectivity index is 2.21. The Morgan fingerprint density at radius 1 is 1.50 bits per heavy atom. The molecule has 1 N–H and O–H groups in total. The maximum absolute atomic E-state index is 10.8. The molecule has 1 aliphatic heterocycles. The first-order valence-corrected chi connectivity index (χ1v) is 4.53. The zero-order chi connectivity index (χ0) is 9.97. The van der Waals surface area contributed by atoms with Crippen molar-refractivity contribution in [3.63, 3.8) is 0 Å². The van der Waals surface area contributed by atoms with Gasteiger partial charge >= 0.3 is 5.97 Å². The highest BCUT2D eigenvalue weighted by molar-refractivity contribution is 5.86. The van der Waals surface area contributed by atoms with Gasteiger partial charge in [0.2, 0.25) is 0 Å². The first kappa shape index (κ1) is 9.21. The Kier molecular flexibility index (Phi) is 2.49. The molecular weight excluding hydrogens is 186 g/mol. The molecule has 1 saturated heterocycles. The minimum absolute atomic E-state index is 0.0388. The van der Waals surface area contributed by atoms with Crippen molar-refractivity contribution in [2.24, 2.45) is 0 Å². The molecule has 5 heteroatoms. The normalized spacial score (nSPS) is 18.3. The summed E-state index contributed by atoms with van der Waals surface area (Å²) in [6.45, 7) is 1.31. The van der Waals surface area contributed by atoms with E-state index in [4.69, 9.17) is 14.3 Å². The summed E-state index contributed by atoms with van der Waals surface area (Å²) in [4.78, 5) is 14.5. The van der Waals surface area contributed by atoms with Crippen molar-refractivity contribution < 1.29 is 19.1 Å². The van der Waals surface area contributed by atoms with Crippen LogP contribution in [-0.4, -0.2) is 29.3 Å². The van der Waals surface area contributed by atoms with Crippen LogP contribution in [0.25, 0.3) is 0 Å². The Morgan fingerprint density at radius 3 is 2.86 bits per heavy atom. The molecule has 14 heavy (non-hydrogen) atoms. The van der Waals surface area contributed by atoms with Crippen molar-refractivity contribution in [1.82, 2.24) is 4.98 Å². The fourth-order valence-electron chi connectivity index (χ4n) is 1.67. The van der Waals surface area contributed by atoms with Crippen LogP contribution in [-0.2, 0) is 4.74 Å². The number of carboxylic acids is 1. The molecule has 0 radical (unpaired) electrons. The van der Waals surface area contributed by atoms with E-state index in [0.29, 0.717) is 19.0 Å². The van der Waals surface area contributed by atoms with Crippen molar-refractivity contribution in [1.29, 1.82) is 0 Å². The van der Waals surface area contributed by atoms with E-state index in [0.717, 1.165) is 12.8 Å². The van der Waals surface area contributed by atoms with Crippen LogP contribution in [0.4, 0.5) is 0 Å². The number of nitrogens with zero attached hydrogens (tertiary/aromatic N) is 1. The third kappa shape index (κ3) is 1.63. The lowest BCUT2D eigenvalue weighted by atomic mass is 9.96. The number of aromatic carboxylic acids is 1. The zero-order valence-electron chi connectivity index (χ0n) is 7.60. The highest BCUT2D eigenvalue weighted by Crippen LogP contribution is 2.28. The van der Waals surface area contributed by atoms with Gasteiger partial charge in [0, 0.05) is 19.1 Å². The molecule has 76 valence electrons. The van der Waals surface area contributed by atoms with Gasteiger partial charge in [-0.1, -0.05) is 0 Å². The predicted molar refractivity (Wildman–Crippen MR) is 46.3 cm³/mol. The first-order valence-electron chi connectivity index (χ1n) is 4.53. The third-order valence-electron chi connectivity index (χ3n) is 2.39. The van der Waals surface area contributed by atoms with Crippen LogP contribution in [0.15, 0.2) is 10.8 Å². The van der Waals surface area contributed by atoms with Crippen LogP contribution in [0.1, 0.15) is 35.0 Å². The Bertz CT molecular complexity index is 327. The van der Waals surface area contributed by atoms with E-state index in [2.05, 4.69) is 4.98 Å². The van der Waals surface area contributed by atoms with E-state index < -0.39 is 5.97 Å². The SMILES string of the molecule is O=C(O)c1ncoc1C1CCOCC1. The third-order valence-corrected chi connectivity index (χ3v) is 2.39. The molecule has 0 aromatic carbocycles. The predicted octanol–water partition coefficient (Wildman–Crippen LogP) is 1.27. The molecule has 0 atom stereocenters. The van der Waals surface area contributed by atoms with Gasteiger partial charge in [0.15, 0.2) is 12.1 Å². The molecule has 1 aliphatic rings. The van der Waals surface area contributed by atoms with E-state index in [1.54, 1.807) is 0 Å². The van der Waals surface area contributed by atoms with E-state index in [9.17, 15) is 4.79 Å². The number of aromatic nitrogens is 1. The van der Waals surface area contributed by atoms with Gasteiger partial charge in [0.25, 0.3) is 0 Å². The molecule has 1 aromatic heterocycles. The molecule has 0 spiro atoms. The molecule has 5 nitrogen and oxygen atoms in total.